The highest BCUT2D eigenvalue weighted by Gasteiger charge is 2.52. The number of amides is 1. The lowest BCUT2D eigenvalue weighted by molar-refractivity contribution is -0.143. The molecule has 36 heavy (non-hydrogen) atoms. The van der Waals surface area contributed by atoms with Gasteiger partial charge in [-0.2, -0.15) is 0 Å². The van der Waals surface area contributed by atoms with Gasteiger partial charge in [0.1, 0.15) is 5.82 Å². The van der Waals surface area contributed by atoms with Crippen LogP contribution in [-0.4, -0.2) is 41.5 Å². The minimum Gasteiger partial charge on any atom is -0.339 e. The van der Waals surface area contributed by atoms with Gasteiger partial charge in [-0.05, 0) is 87.0 Å². The van der Waals surface area contributed by atoms with Gasteiger partial charge in [0.2, 0.25) is 5.91 Å². The Bertz CT molecular complexity index is 1110. The number of carbonyl (C=O) groups excluding carboxylic acids is 1. The summed E-state index contributed by atoms with van der Waals surface area (Å²) < 4.78 is 14.8. The van der Waals surface area contributed by atoms with Gasteiger partial charge in [-0.15, -0.1) is 0 Å². The molecular formula is C31H40FN3O. The third-order valence-electron chi connectivity index (χ3n) is 9.91. The quantitative estimate of drug-likeness (QED) is 0.604. The first-order valence-corrected chi connectivity index (χ1v) is 14.3. The van der Waals surface area contributed by atoms with E-state index in [-0.39, 0.29) is 29.1 Å². The van der Waals surface area contributed by atoms with Crippen LogP contribution in [0.3, 0.4) is 0 Å². The van der Waals surface area contributed by atoms with E-state index in [1.807, 2.05) is 12.1 Å². The van der Waals surface area contributed by atoms with Gasteiger partial charge in [0.25, 0.3) is 0 Å². The fourth-order valence-corrected chi connectivity index (χ4v) is 8.11. The molecule has 1 amide bonds. The summed E-state index contributed by atoms with van der Waals surface area (Å²) in [5.41, 5.74) is 4.26. The summed E-state index contributed by atoms with van der Waals surface area (Å²) in [6.07, 6.45) is 11.1. The van der Waals surface area contributed by atoms with Gasteiger partial charge < -0.3 is 10.2 Å². The fourth-order valence-electron chi connectivity index (χ4n) is 8.11. The zero-order chi connectivity index (χ0) is 24.7. The number of hydrogen-bond donors (Lipinski definition) is 1. The molecule has 4 aliphatic rings. The first-order valence-electron chi connectivity index (χ1n) is 14.3. The Hall–Kier alpha value is -2.27. The van der Waals surface area contributed by atoms with Crippen molar-refractivity contribution in [2.24, 2.45) is 11.8 Å². The molecule has 1 aromatic heterocycles. The molecule has 192 valence electrons. The van der Waals surface area contributed by atoms with Crippen LogP contribution in [0.25, 0.3) is 0 Å². The third-order valence-corrected chi connectivity index (χ3v) is 9.91. The molecule has 5 heteroatoms. The van der Waals surface area contributed by atoms with E-state index in [2.05, 4.69) is 29.3 Å². The largest absolute Gasteiger partial charge is 0.339 e. The van der Waals surface area contributed by atoms with Crippen LogP contribution in [0.15, 0.2) is 36.4 Å². The van der Waals surface area contributed by atoms with Crippen molar-refractivity contribution >= 4 is 5.91 Å². The van der Waals surface area contributed by atoms with E-state index < -0.39 is 0 Å². The first kappa shape index (κ1) is 24.1. The molecule has 4 nitrogen and oxygen atoms in total. The molecule has 2 aliphatic carbocycles. The predicted molar refractivity (Wildman–Crippen MR) is 140 cm³/mol. The monoisotopic (exact) mass is 489 g/mol. The molecule has 4 atom stereocenters. The highest BCUT2D eigenvalue weighted by Crippen LogP contribution is 2.47. The predicted octanol–water partition coefficient (Wildman–Crippen LogP) is 5.68. The van der Waals surface area contributed by atoms with Crippen LogP contribution in [0.4, 0.5) is 4.39 Å². The summed E-state index contributed by atoms with van der Waals surface area (Å²) in [7, 11) is 0. The maximum atomic E-state index is 14.8. The molecule has 2 aliphatic heterocycles. The second kappa shape index (κ2) is 9.89. The van der Waals surface area contributed by atoms with Crippen molar-refractivity contribution in [3.8, 4) is 0 Å². The summed E-state index contributed by atoms with van der Waals surface area (Å²) >= 11 is 0. The molecule has 2 aromatic rings. The molecule has 6 rings (SSSR count). The number of halogens is 1. The molecule has 1 N–H and O–H groups in total. The van der Waals surface area contributed by atoms with Gasteiger partial charge in [-0.25, -0.2) is 4.39 Å². The van der Waals surface area contributed by atoms with Crippen LogP contribution in [0, 0.1) is 24.6 Å². The highest BCUT2D eigenvalue weighted by molar-refractivity contribution is 5.82. The molecule has 3 heterocycles. The molecule has 1 aromatic carbocycles. The summed E-state index contributed by atoms with van der Waals surface area (Å²) in [5, 5.41) is 3.62. The maximum absolute atomic E-state index is 14.8. The number of aromatic nitrogens is 1. The Kier molecular flexibility index (Phi) is 6.62. The highest BCUT2D eigenvalue weighted by atomic mass is 19.1. The maximum Gasteiger partial charge on any atom is 0.228 e. The summed E-state index contributed by atoms with van der Waals surface area (Å²) in [5.74, 6) is 0.921. The van der Waals surface area contributed by atoms with E-state index in [9.17, 15) is 9.18 Å². The summed E-state index contributed by atoms with van der Waals surface area (Å²) in [6, 6.07) is 11.9. The number of pyridine rings is 1. The number of piperidine rings is 1. The second-order valence-corrected chi connectivity index (χ2v) is 11.9. The van der Waals surface area contributed by atoms with E-state index in [0.717, 1.165) is 63.0 Å². The number of carbonyl (C=O) groups is 1. The van der Waals surface area contributed by atoms with Gasteiger partial charge in [-0.1, -0.05) is 43.5 Å². The zero-order valence-corrected chi connectivity index (χ0v) is 21.6. The van der Waals surface area contributed by atoms with Crippen LogP contribution in [0.5, 0.6) is 0 Å². The second-order valence-electron chi connectivity index (χ2n) is 11.9. The van der Waals surface area contributed by atoms with Gasteiger partial charge >= 0.3 is 0 Å². The number of aryl methyl sites for hydroxylation is 2. The summed E-state index contributed by atoms with van der Waals surface area (Å²) in [6.45, 7) is 4.41. The van der Waals surface area contributed by atoms with Gasteiger partial charge in [0, 0.05) is 42.5 Å². The van der Waals surface area contributed by atoms with Crippen LogP contribution < -0.4 is 5.32 Å². The van der Waals surface area contributed by atoms with Crippen LogP contribution in [0.1, 0.15) is 86.2 Å². The van der Waals surface area contributed by atoms with Crippen molar-refractivity contribution in [2.75, 3.05) is 19.6 Å². The average molecular weight is 490 g/mol. The first-order chi connectivity index (χ1) is 17.6. The molecule has 2 saturated heterocycles. The Labute approximate surface area is 215 Å². The minimum absolute atomic E-state index is 0.0443. The number of hydrogen-bond acceptors (Lipinski definition) is 3. The molecule has 1 spiro atoms. The molecular weight excluding hydrogens is 449 g/mol. The molecule has 1 saturated carbocycles. The van der Waals surface area contributed by atoms with Gasteiger partial charge in [-0.3, -0.25) is 9.78 Å². The van der Waals surface area contributed by atoms with Crippen molar-refractivity contribution in [3.63, 3.8) is 0 Å². The van der Waals surface area contributed by atoms with E-state index in [1.54, 1.807) is 12.1 Å². The number of rotatable bonds is 3. The standard InChI is InChI=1S/C31H40FN3O/c1-21-13-14-25-28(34-21)12-7-16-31(25)20-33-19-26(31)30(36)35-17-15-23(24-10-5-6-11-27(24)32)18-29(35)22-8-3-2-4-9-22/h5-6,10-11,13-14,22-23,26,29,33H,2-4,7-9,12,15-20H2,1H3/t23-,26+,29+,31+/m1/s1. The van der Waals surface area contributed by atoms with Gasteiger partial charge in [0.05, 0.1) is 5.92 Å². The van der Waals surface area contributed by atoms with Crippen molar-refractivity contribution < 1.29 is 9.18 Å². The molecule has 0 unspecified atom stereocenters. The topological polar surface area (TPSA) is 45.2 Å². The number of nitrogens with one attached hydrogen (secondary N) is 1. The fraction of sp³-hybridized carbons (Fsp3) is 0.613. The molecule has 0 radical (unpaired) electrons. The smallest absolute Gasteiger partial charge is 0.228 e. The van der Waals surface area contributed by atoms with Crippen molar-refractivity contribution in [3.05, 3.63) is 64.7 Å². The number of benzene rings is 1. The number of likely N-dealkylation sites (tertiary alicyclic amines) is 1. The van der Waals surface area contributed by atoms with E-state index in [0.29, 0.717) is 11.8 Å². The lowest BCUT2D eigenvalue weighted by Gasteiger charge is -2.48. The van der Waals surface area contributed by atoms with Crippen molar-refractivity contribution in [1.29, 1.82) is 0 Å². The van der Waals surface area contributed by atoms with Crippen LogP contribution in [0.2, 0.25) is 0 Å². The Morgan fingerprint density at radius 1 is 1.08 bits per heavy atom. The third kappa shape index (κ3) is 4.17. The van der Waals surface area contributed by atoms with Crippen LogP contribution >= 0.6 is 0 Å². The van der Waals surface area contributed by atoms with Crippen molar-refractivity contribution in [1.82, 2.24) is 15.2 Å². The SMILES string of the molecule is Cc1ccc2c(n1)CCC[C@]21CNC[C@H]1C(=O)N1CC[C@@H](c2ccccc2F)C[C@H]1C1CCCCC1. The van der Waals surface area contributed by atoms with E-state index in [1.165, 1.54) is 43.4 Å². The normalized spacial score (nSPS) is 30.9. The minimum atomic E-state index is -0.148. The number of fused-ring (bicyclic) bond motifs is 2. The molecule has 0 bridgehead atoms. The molecule has 3 fully saturated rings. The Balaban J connectivity index is 1.31. The average Bonchev–Trinajstić information content (AvgIpc) is 3.32. The van der Waals surface area contributed by atoms with Crippen LogP contribution in [-0.2, 0) is 16.6 Å². The van der Waals surface area contributed by atoms with Gasteiger partial charge in [0.15, 0.2) is 0 Å². The lowest BCUT2D eigenvalue weighted by Crippen LogP contribution is -2.55. The zero-order valence-electron chi connectivity index (χ0n) is 21.6. The van der Waals surface area contributed by atoms with E-state index >= 15 is 0 Å². The Morgan fingerprint density at radius 2 is 1.92 bits per heavy atom. The van der Waals surface area contributed by atoms with Crippen molar-refractivity contribution in [2.45, 2.75) is 88.5 Å². The Morgan fingerprint density at radius 3 is 2.75 bits per heavy atom. The lowest BCUT2D eigenvalue weighted by atomic mass is 9.64. The summed E-state index contributed by atoms with van der Waals surface area (Å²) in [4.78, 5) is 21.7. The van der Waals surface area contributed by atoms with E-state index in [4.69, 9.17) is 4.98 Å². The number of nitrogens with zero attached hydrogens (tertiary/aromatic N) is 2.